The molecule has 3 aliphatic rings. The van der Waals surface area contributed by atoms with E-state index in [1.165, 1.54) is 35.2 Å². The summed E-state index contributed by atoms with van der Waals surface area (Å²) >= 11 is 9.80. The summed E-state index contributed by atoms with van der Waals surface area (Å²) in [6.45, 7) is 0. The van der Waals surface area contributed by atoms with Crippen molar-refractivity contribution in [1.29, 1.82) is 0 Å². The van der Waals surface area contributed by atoms with E-state index in [2.05, 4.69) is 47.0 Å². The molecule has 17 heavy (non-hydrogen) atoms. The van der Waals surface area contributed by atoms with Gasteiger partial charge in [-0.1, -0.05) is 0 Å². The van der Waals surface area contributed by atoms with Crippen LogP contribution in [0.1, 0.15) is 12.8 Å². The molecule has 98 valence electrons. The van der Waals surface area contributed by atoms with Crippen LogP contribution in [-0.2, 0) is 0 Å². The molecule has 0 saturated carbocycles. The Morgan fingerprint density at radius 1 is 1.00 bits per heavy atom. The minimum absolute atomic E-state index is 0.955. The Bertz CT molecular complexity index is 235. The van der Waals surface area contributed by atoms with Gasteiger partial charge in [0.15, 0.2) is 0 Å². The van der Waals surface area contributed by atoms with Crippen LogP contribution in [0.2, 0.25) is 10.1 Å². The van der Waals surface area contributed by atoms with Gasteiger partial charge in [-0.2, -0.15) is 0 Å². The van der Waals surface area contributed by atoms with Crippen LogP contribution in [0.4, 0.5) is 0 Å². The molecule has 3 heterocycles. The molecule has 4 atom stereocenters. The van der Waals surface area contributed by atoms with Gasteiger partial charge >= 0.3 is 129 Å². The second-order valence-electron chi connectivity index (χ2n) is 4.94. The molecule has 0 spiro atoms. The second kappa shape index (κ2) is 7.08. The van der Waals surface area contributed by atoms with E-state index in [4.69, 9.17) is 0 Å². The Morgan fingerprint density at radius 3 is 2.41 bits per heavy atom. The molecule has 3 aliphatic heterocycles. The van der Waals surface area contributed by atoms with E-state index in [9.17, 15) is 0 Å². The predicted molar refractivity (Wildman–Crippen MR) is 89.6 cm³/mol. The summed E-state index contributed by atoms with van der Waals surface area (Å²) in [5.41, 5.74) is 0. The Labute approximate surface area is 129 Å². The molecule has 0 aromatic rings. The summed E-state index contributed by atoms with van der Waals surface area (Å²) in [7, 11) is 0. The fourth-order valence-corrected chi connectivity index (χ4v) is 10.3. The first-order valence-electron chi connectivity index (χ1n) is 6.44. The number of rotatable bonds is 7. The first-order chi connectivity index (χ1) is 8.40. The van der Waals surface area contributed by atoms with Crippen molar-refractivity contribution in [3.63, 3.8) is 0 Å². The quantitative estimate of drug-likeness (QED) is 0.493. The van der Waals surface area contributed by atoms with Gasteiger partial charge in [-0.15, -0.1) is 0 Å². The van der Waals surface area contributed by atoms with E-state index >= 15 is 0 Å². The molecule has 0 N–H and O–H groups in total. The molecular formula is C12H20S4Se. The Hall–Kier alpha value is 1.92. The topological polar surface area (TPSA) is 0 Å². The molecule has 0 aromatic heterocycles. The van der Waals surface area contributed by atoms with Gasteiger partial charge in [0.25, 0.3) is 0 Å². The third kappa shape index (κ3) is 5.43. The molecular weight excluding hydrogens is 351 g/mol. The summed E-state index contributed by atoms with van der Waals surface area (Å²) in [5.74, 6) is 7.26. The average Bonchev–Trinajstić information content (AvgIpc) is 3.23. The van der Waals surface area contributed by atoms with Crippen LogP contribution in [0.5, 0.6) is 0 Å². The third-order valence-corrected chi connectivity index (χ3v) is 12.4. The predicted octanol–water partition coefficient (Wildman–Crippen LogP) is 3.76. The molecule has 0 nitrogen and oxygen atoms in total. The zero-order valence-corrected chi connectivity index (χ0v) is 15.0. The van der Waals surface area contributed by atoms with E-state index in [0.29, 0.717) is 0 Å². The van der Waals surface area contributed by atoms with Crippen LogP contribution >= 0.6 is 47.0 Å². The molecule has 4 unspecified atom stereocenters. The van der Waals surface area contributed by atoms with Crippen molar-refractivity contribution in [2.45, 2.75) is 38.7 Å². The zero-order chi connectivity index (χ0) is 11.5. The fourth-order valence-electron chi connectivity index (χ4n) is 1.95. The molecule has 3 fully saturated rings. The van der Waals surface area contributed by atoms with E-state index in [-0.39, 0.29) is 0 Å². The van der Waals surface area contributed by atoms with Gasteiger partial charge in [0.2, 0.25) is 0 Å². The summed E-state index contributed by atoms with van der Waals surface area (Å²) in [4.78, 5) is 1.11. The van der Waals surface area contributed by atoms with Crippen molar-refractivity contribution in [2.75, 3.05) is 28.8 Å². The van der Waals surface area contributed by atoms with Crippen LogP contribution < -0.4 is 0 Å². The molecule has 3 rings (SSSR count). The van der Waals surface area contributed by atoms with Gasteiger partial charge in [0.1, 0.15) is 0 Å². The van der Waals surface area contributed by atoms with Crippen molar-refractivity contribution in [3.05, 3.63) is 0 Å². The van der Waals surface area contributed by atoms with Crippen LogP contribution in [0.25, 0.3) is 0 Å². The van der Waals surface area contributed by atoms with Gasteiger partial charge in [-0.05, 0) is 0 Å². The SMILES string of the molecule is C1CC(CSCC2CS2)[Se]CC1SCC1CS1. The van der Waals surface area contributed by atoms with Crippen molar-refractivity contribution in [3.8, 4) is 0 Å². The Balaban J connectivity index is 1.24. The van der Waals surface area contributed by atoms with Crippen LogP contribution in [0.15, 0.2) is 0 Å². The summed E-state index contributed by atoms with van der Waals surface area (Å²) < 4.78 is 0. The summed E-state index contributed by atoms with van der Waals surface area (Å²) in [6.07, 6.45) is 3.06. The standard InChI is InChI=1S/C12H20S4Se/c1-2-12(7-13-3-10-4-15-10)17-8-9(1)14-5-11-6-16-11/h9-12H,1-8H2. The maximum atomic E-state index is 2.29. The van der Waals surface area contributed by atoms with E-state index in [0.717, 1.165) is 35.5 Å². The van der Waals surface area contributed by atoms with Crippen molar-refractivity contribution < 1.29 is 0 Å². The Kier molecular flexibility index (Phi) is 5.78. The van der Waals surface area contributed by atoms with Gasteiger partial charge in [-0.3, -0.25) is 0 Å². The first-order valence-corrected chi connectivity index (χ1v) is 12.9. The molecule has 5 heteroatoms. The van der Waals surface area contributed by atoms with Gasteiger partial charge < -0.3 is 0 Å². The van der Waals surface area contributed by atoms with Crippen molar-refractivity contribution >= 4 is 62.0 Å². The molecule has 0 aromatic carbocycles. The first kappa shape index (κ1) is 13.9. The minimum atomic E-state index is 0.955. The second-order valence-corrected chi connectivity index (χ2v) is 12.8. The summed E-state index contributed by atoms with van der Waals surface area (Å²) in [6, 6.07) is 0. The van der Waals surface area contributed by atoms with Crippen LogP contribution in [0, 0.1) is 0 Å². The molecule has 0 radical (unpaired) electrons. The molecule has 0 amide bonds. The fraction of sp³-hybridized carbons (Fsp3) is 1.00. The zero-order valence-electron chi connectivity index (χ0n) is 10.0. The monoisotopic (exact) mass is 372 g/mol. The average molecular weight is 372 g/mol. The molecule has 3 saturated heterocycles. The Morgan fingerprint density at radius 2 is 1.76 bits per heavy atom. The van der Waals surface area contributed by atoms with E-state index < -0.39 is 0 Å². The van der Waals surface area contributed by atoms with Gasteiger partial charge in [0.05, 0.1) is 0 Å². The molecule has 0 aliphatic carbocycles. The van der Waals surface area contributed by atoms with Crippen molar-refractivity contribution in [1.82, 2.24) is 0 Å². The van der Waals surface area contributed by atoms with Gasteiger partial charge in [0, 0.05) is 0 Å². The number of thioether (sulfide) groups is 4. The van der Waals surface area contributed by atoms with E-state index in [1.54, 1.807) is 11.7 Å². The normalized spacial score (nSPS) is 40.2. The number of hydrogen-bond acceptors (Lipinski definition) is 4. The molecule has 0 bridgehead atoms. The van der Waals surface area contributed by atoms with E-state index in [1.807, 2.05) is 0 Å². The maximum absolute atomic E-state index is 2.29. The number of hydrogen-bond donors (Lipinski definition) is 0. The summed E-state index contributed by atoms with van der Waals surface area (Å²) in [5, 5.41) is 4.68. The van der Waals surface area contributed by atoms with Crippen LogP contribution in [-0.4, -0.2) is 59.5 Å². The van der Waals surface area contributed by atoms with Gasteiger partial charge in [-0.25, -0.2) is 0 Å². The van der Waals surface area contributed by atoms with Crippen LogP contribution in [0.3, 0.4) is 0 Å². The third-order valence-electron chi connectivity index (χ3n) is 3.26. The van der Waals surface area contributed by atoms with Crippen molar-refractivity contribution in [2.24, 2.45) is 0 Å².